The zero-order valence-electron chi connectivity index (χ0n) is 33.3. The van der Waals surface area contributed by atoms with E-state index in [9.17, 15) is 24.2 Å². The largest absolute Gasteiger partial charge is 0.472 e. The molecular formula is C41H79O10P. The summed E-state index contributed by atoms with van der Waals surface area (Å²) in [4.78, 5) is 34.9. The summed E-state index contributed by atoms with van der Waals surface area (Å²) >= 11 is 0. The zero-order chi connectivity index (χ0) is 38.4. The van der Waals surface area contributed by atoms with Gasteiger partial charge in [0.25, 0.3) is 0 Å². The number of unbranched alkanes of at least 4 members (excludes halogenated alkanes) is 24. The monoisotopic (exact) mass is 763 g/mol. The number of carbonyl (C=O) groups excluding carboxylic acids is 2. The molecule has 0 aliphatic rings. The van der Waals surface area contributed by atoms with Crippen LogP contribution in [-0.2, 0) is 32.7 Å². The molecule has 0 saturated carbocycles. The van der Waals surface area contributed by atoms with E-state index >= 15 is 0 Å². The summed E-state index contributed by atoms with van der Waals surface area (Å²) < 4.78 is 32.7. The molecule has 308 valence electrons. The molecule has 1 unspecified atom stereocenters. The Kier molecular flexibility index (Phi) is 37.1. The first-order valence-corrected chi connectivity index (χ1v) is 22.6. The first-order chi connectivity index (χ1) is 25.2. The van der Waals surface area contributed by atoms with E-state index in [1.807, 2.05) is 0 Å². The number of phosphoric ester groups is 1. The fraction of sp³-hybridized carbons (Fsp3) is 0.902. The molecule has 3 atom stereocenters. The maximum atomic E-state index is 12.6. The minimum atomic E-state index is -4.61. The van der Waals surface area contributed by atoms with Crippen molar-refractivity contribution < 1.29 is 47.8 Å². The lowest BCUT2D eigenvalue weighted by Crippen LogP contribution is -2.29. The molecule has 0 aliphatic carbocycles. The second-order valence-electron chi connectivity index (χ2n) is 14.4. The molecule has 0 fully saturated rings. The van der Waals surface area contributed by atoms with Crippen molar-refractivity contribution in [1.82, 2.24) is 0 Å². The molecule has 0 heterocycles. The van der Waals surface area contributed by atoms with Crippen molar-refractivity contribution in [2.45, 2.75) is 212 Å². The van der Waals surface area contributed by atoms with Crippen LogP contribution in [0.2, 0.25) is 0 Å². The topological polar surface area (TPSA) is 149 Å². The average molecular weight is 763 g/mol. The minimum Gasteiger partial charge on any atom is -0.462 e. The van der Waals surface area contributed by atoms with E-state index in [1.165, 1.54) is 122 Å². The number of hydrogen-bond acceptors (Lipinski definition) is 9. The summed E-state index contributed by atoms with van der Waals surface area (Å²) in [7, 11) is -4.61. The molecule has 0 saturated heterocycles. The van der Waals surface area contributed by atoms with E-state index in [2.05, 4.69) is 30.5 Å². The van der Waals surface area contributed by atoms with Crippen molar-refractivity contribution in [3.05, 3.63) is 12.2 Å². The van der Waals surface area contributed by atoms with Crippen molar-refractivity contribution >= 4 is 19.8 Å². The molecule has 0 amide bonds. The summed E-state index contributed by atoms with van der Waals surface area (Å²) in [6, 6.07) is 0. The molecule has 0 aromatic carbocycles. The Morgan fingerprint density at radius 3 is 1.40 bits per heavy atom. The van der Waals surface area contributed by atoms with Gasteiger partial charge < -0.3 is 24.6 Å². The van der Waals surface area contributed by atoms with E-state index in [-0.39, 0.29) is 19.4 Å². The molecule has 0 aromatic heterocycles. The first-order valence-electron chi connectivity index (χ1n) is 21.1. The van der Waals surface area contributed by atoms with Crippen LogP contribution in [0.4, 0.5) is 0 Å². The van der Waals surface area contributed by atoms with Gasteiger partial charge in [-0.2, -0.15) is 0 Å². The van der Waals surface area contributed by atoms with Gasteiger partial charge in [0.2, 0.25) is 0 Å². The number of hydrogen-bond donors (Lipinski definition) is 3. The Bertz CT molecular complexity index is 884. The van der Waals surface area contributed by atoms with Gasteiger partial charge in [-0.1, -0.05) is 161 Å². The lowest BCUT2D eigenvalue weighted by molar-refractivity contribution is -0.161. The quantitative estimate of drug-likeness (QED) is 0.0238. The lowest BCUT2D eigenvalue weighted by Gasteiger charge is -2.20. The maximum Gasteiger partial charge on any atom is 0.472 e. The Morgan fingerprint density at radius 1 is 0.558 bits per heavy atom. The van der Waals surface area contributed by atoms with Crippen LogP contribution in [0.25, 0.3) is 0 Å². The number of ether oxygens (including phenoxy) is 2. The predicted octanol–water partition coefficient (Wildman–Crippen LogP) is 10.8. The van der Waals surface area contributed by atoms with Gasteiger partial charge in [-0.15, -0.1) is 0 Å². The van der Waals surface area contributed by atoms with Crippen molar-refractivity contribution in [3.8, 4) is 0 Å². The van der Waals surface area contributed by atoms with Crippen LogP contribution in [-0.4, -0.2) is 65.7 Å². The van der Waals surface area contributed by atoms with Crippen LogP contribution in [0.15, 0.2) is 12.2 Å². The third-order valence-electron chi connectivity index (χ3n) is 9.17. The van der Waals surface area contributed by atoms with Crippen molar-refractivity contribution in [2.24, 2.45) is 0 Å². The van der Waals surface area contributed by atoms with Gasteiger partial charge in [0.1, 0.15) is 12.7 Å². The SMILES string of the molecule is CCCCCC/C=C/CCCCCCCCCCCC(=O)O[C@H](COC(=O)CCCCCCCCCCCCCC)COP(=O)(O)OC[C@@H](O)CO. The molecule has 0 bridgehead atoms. The molecule has 0 radical (unpaired) electrons. The Balaban J connectivity index is 4.28. The van der Waals surface area contributed by atoms with Crippen LogP contribution >= 0.6 is 7.82 Å². The fourth-order valence-electron chi connectivity index (χ4n) is 5.87. The summed E-state index contributed by atoms with van der Waals surface area (Å²) in [5, 5.41) is 18.3. The normalized spacial score (nSPS) is 14.0. The molecule has 0 aromatic rings. The molecule has 0 spiro atoms. The van der Waals surface area contributed by atoms with Crippen LogP contribution in [0.1, 0.15) is 200 Å². The number of esters is 2. The second-order valence-corrected chi connectivity index (χ2v) is 15.8. The Morgan fingerprint density at radius 2 is 0.942 bits per heavy atom. The minimum absolute atomic E-state index is 0.186. The highest BCUT2D eigenvalue weighted by Gasteiger charge is 2.27. The van der Waals surface area contributed by atoms with E-state index in [0.717, 1.165) is 38.5 Å². The van der Waals surface area contributed by atoms with Crippen LogP contribution in [0, 0.1) is 0 Å². The van der Waals surface area contributed by atoms with Gasteiger partial charge in [0.15, 0.2) is 6.10 Å². The highest BCUT2D eigenvalue weighted by molar-refractivity contribution is 7.47. The van der Waals surface area contributed by atoms with Gasteiger partial charge in [-0.3, -0.25) is 18.6 Å². The number of aliphatic hydroxyl groups excluding tert-OH is 2. The van der Waals surface area contributed by atoms with Crippen molar-refractivity contribution in [1.29, 1.82) is 0 Å². The Hall–Kier alpha value is -1.29. The van der Waals surface area contributed by atoms with Crippen LogP contribution in [0.3, 0.4) is 0 Å². The summed E-state index contributed by atoms with van der Waals surface area (Å²) in [6.07, 6.45) is 34.6. The van der Waals surface area contributed by atoms with E-state index in [0.29, 0.717) is 12.8 Å². The van der Waals surface area contributed by atoms with Crippen LogP contribution < -0.4 is 0 Å². The summed E-state index contributed by atoms with van der Waals surface area (Å²) in [6.45, 7) is 2.38. The third-order valence-corrected chi connectivity index (χ3v) is 10.1. The molecule has 10 nitrogen and oxygen atoms in total. The molecule has 52 heavy (non-hydrogen) atoms. The van der Waals surface area contributed by atoms with E-state index < -0.39 is 51.8 Å². The molecular weight excluding hydrogens is 683 g/mol. The highest BCUT2D eigenvalue weighted by Crippen LogP contribution is 2.43. The lowest BCUT2D eigenvalue weighted by atomic mass is 10.0. The van der Waals surface area contributed by atoms with Gasteiger partial charge >= 0.3 is 19.8 Å². The number of phosphoric acid groups is 1. The van der Waals surface area contributed by atoms with Gasteiger partial charge in [0.05, 0.1) is 19.8 Å². The molecule has 0 aliphatic heterocycles. The highest BCUT2D eigenvalue weighted by atomic mass is 31.2. The fourth-order valence-corrected chi connectivity index (χ4v) is 6.66. The standard InChI is InChI=1S/C41H79O10P/c1-3-5-7-9-11-13-15-17-18-19-20-21-23-25-27-29-31-33-41(45)51-39(37-50-52(46,47)49-35-38(43)34-42)36-48-40(44)32-30-28-26-24-22-16-14-12-10-8-6-4-2/h13,15,38-39,42-43H,3-12,14,16-37H2,1-2H3,(H,46,47)/b15-13+/t38-,39+/m0/s1. The van der Waals surface area contributed by atoms with Crippen LogP contribution in [0.5, 0.6) is 0 Å². The Labute approximate surface area is 317 Å². The number of aliphatic hydroxyl groups is 2. The van der Waals surface area contributed by atoms with Gasteiger partial charge in [0, 0.05) is 12.8 Å². The maximum absolute atomic E-state index is 12.6. The average Bonchev–Trinajstić information content (AvgIpc) is 3.13. The predicted molar refractivity (Wildman–Crippen MR) is 210 cm³/mol. The second kappa shape index (κ2) is 38.0. The molecule has 3 N–H and O–H groups in total. The molecule has 0 rings (SSSR count). The van der Waals surface area contributed by atoms with Gasteiger partial charge in [-0.25, -0.2) is 4.57 Å². The summed E-state index contributed by atoms with van der Waals surface area (Å²) in [5.74, 6) is -0.919. The van der Waals surface area contributed by atoms with Gasteiger partial charge in [-0.05, 0) is 38.5 Å². The molecule has 11 heteroatoms. The smallest absolute Gasteiger partial charge is 0.462 e. The third kappa shape index (κ3) is 37.0. The summed E-state index contributed by atoms with van der Waals surface area (Å²) in [5.41, 5.74) is 0. The van der Waals surface area contributed by atoms with E-state index in [1.54, 1.807) is 0 Å². The number of rotatable bonds is 40. The first kappa shape index (κ1) is 50.7. The number of carbonyl (C=O) groups is 2. The van der Waals surface area contributed by atoms with E-state index in [4.69, 9.17) is 19.1 Å². The van der Waals surface area contributed by atoms with Crippen molar-refractivity contribution in [2.75, 3.05) is 26.4 Å². The van der Waals surface area contributed by atoms with Crippen molar-refractivity contribution in [3.63, 3.8) is 0 Å². The zero-order valence-corrected chi connectivity index (χ0v) is 34.2. The number of allylic oxidation sites excluding steroid dienone is 2.